The first-order chi connectivity index (χ1) is 15.6. The maximum atomic E-state index is 13.1. The van der Waals surface area contributed by atoms with Crippen molar-refractivity contribution in [3.63, 3.8) is 0 Å². The van der Waals surface area contributed by atoms with Crippen LogP contribution >= 0.6 is 0 Å². The van der Waals surface area contributed by atoms with Crippen molar-refractivity contribution < 1.29 is 29.0 Å². The van der Waals surface area contributed by atoms with E-state index in [9.17, 15) is 29.0 Å². The maximum Gasteiger partial charge on any atom is 0.408 e. The molecule has 3 rings (SSSR count). The van der Waals surface area contributed by atoms with Crippen LogP contribution in [-0.4, -0.2) is 44.7 Å². The average Bonchev–Trinajstić information content (AvgIpc) is 2.78. The van der Waals surface area contributed by atoms with E-state index in [4.69, 9.17) is 0 Å². The molecule has 174 valence electrons. The summed E-state index contributed by atoms with van der Waals surface area (Å²) in [4.78, 5) is 38.3. The van der Waals surface area contributed by atoms with Gasteiger partial charge in [0.05, 0.1) is 5.54 Å². The molecule has 1 unspecified atom stereocenters. The highest BCUT2D eigenvalue weighted by atomic mass is 19.1. The van der Waals surface area contributed by atoms with Gasteiger partial charge in [-0.25, -0.2) is 9.18 Å². The fourth-order valence-corrected chi connectivity index (χ4v) is 3.40. The number of aliphatic hydroxyl groups excluding tert-OH is 1. The lowest BCUT2D eigenvalue weighted by Gasteiger charge is -2.44. The van der Waals surface area contributed by atoms with Gasteiger partial charge in [0.25, 0.3) is 11.8 Å². The molecule has 1 atom stereocenters. The van der Waals surface area contributed by atoms with E-state index in [0.717, 1.165) is 10.5 Å². The molecule has 0 saturated carbocycles. The van der Waals surface area contributed by atoms with Crippen molar-refractivity contribution in [3.05, 3.63) is 83.0 Å². The Morgan fingerprint density at radius 2 is 1.70 bits per heavy atom. The summed E-state index contributed by atoms with van der Waals surface area (Å²) in [5, 5.41) is 27.8. The van der Waals surface area contributed by atoms with Crippen molar-refractivity contribution in [2.45, 2.75) is 38.6 Å². The minimum Gasteiger partial charge on any atom is -0.501 e. The largest absolute Gasteiger partial charge is 0.501 e. The molecule has 33 heavy (non-hydrogen) atoms. The molecule has 2 aromatic carbocycles. The van der Waals surface area contributed by atoms with Gasteiger partial charge in [-0.2, -0.15) is 0 Å². The van der Waals surface area contributed by atoms with Crippen molar-refractivity contribution in [3.8, 4) is 0 Å². The highest BCUT2D eigenvalue weighted by Gasteiger charge is 2.43. The van der Waals surface area contributed by atoms with Gasteiger partial charge < -0.3 is 26.2 Å². The number of rotatable bonds is 7. The molecule has 5 N–H and O–H groups in total. The average molecular weight is 456 g/mol. The Balaban J connectivity index is 1.78. The molecule has 9 nitrogen and oxygen atoms in total. The third kappa shape index (κ3) is 5.40. The van der Waals surface area contributed by atoms with E-state index >= 15 is 0 Å². The van der Waals surface area contributed by atoms with Crippen LogP contribution in [0.4, 0.5) is 9.18 Å². The summed E-state index contributed by atoms with van der Waals surface area (Å²) in [6.45, 7) is 3.26. The number of hydrogen-bond acceptors (Lipinski definition) is 5. The third-order valence-electron chi connectivity index (χ3n) is 5.43. The molecule has 0 saturated heterocycles. The van der Waals surface area contributed by atoms with Crippen LogP contribution in [0.25, 0.3) is 0 Å². The SMILES string of the molecule is CC(C)(C1NC(=O)C(O)=C(C(=O)NCc2ccc(F)cc2)N1)N(Cc1ccccc1)C(=O)O. The predicted molar refractivity (Wildman–Crippen MR) is 117 cm³/mol. The number of nitrogens with zero attached hydrogens (tertiary/aromatic N) is 1. The Bertz CT molecular complexity index is 1070. The van der Waals surface area contributed by atoms with E-state index in [0.29, 0.717) is 5.56 Å². The van der Waals surface area contributed by atoms with E-state index in [1.54, 1.807) is 38.1 Å². The van der Waals surface area contributed by atoms with Crippen LogP contribution in [0, 0.1) is 5.82 Å². The summed E-state index contributed by atoms with van der Waals surface area (Å²) in [5.74, 6) is -2.91. The standard InChI is InChI=1S/C23H25FN4O5/c1-23(2,28(22(32)33)13-15-6-4-3-5-7-15)21-26-17(18(29)20(31)27-21)19(30)25-12-14-8-10-16(24)11-9-14/h3-11,21,26,29H,12-13H2,1-2H3,(H,25,30)(H,27,31)(H,32,33). The Morgan fingerprint density at radius 3 is 2.30 bits per heavy atom. The summed E-state index contributed by atoms with van der Waals surface area (Å²) in [5.41, 5.74) is -0.253. The molecule has 2 aromatic rings. The van der Waals surface area contributed by atoms with Crippen LogP contribution in [0.15, 0.2) is 66.1 Å². The lowest BCUT2D eigenvalue weighted by atomic mass is 9.95. The van der Waals surface area contributed by atoms with Crippen molar-refractivity contribution >= 4 is 17.9 Å². The van der Waals surface area contributed by atoms with E-state index in [2.05, 4.69) is 16.0 Å². The number of nitrogens with one attached hydrogen (secondary N) is 3. The number of carbonyl (C=O) groups is 3. The van der Waals surface area contributed by atoms with E-state index < -0.39 is 41.2 Å². The smallest absolute Gasteiger partial charge is 0.408 e. The molecule has 0 bridgehead atoms. The maximum absolute atomic E-state index is 13.1. The van der Waals surface area contributed by atoms with Crippen molar-refractivity contribution in [1.82, 2.24) is 20.9 Å². The number of halogens is 1. The van der Waals surface area contributed by atoms with Crippen molar-refractivity contribution in [2.75, 3.05) is 0 Å². The number of benzene rings is 2. The number of carboxylic acid groups (broad SMARTS) is 1. The van der Waals surface area contributed by atoms with Crippen molar-refractivity contribution in [2.24, 2.45) is 0 Å². The Hall–Kier alpha value is -4.08. The summed E-state index contributed by atoms with van der Waals surface area (Å²) in [6.07, 6.45) is -2.24. The molecule has 0 fully saturated rings. The van der Waals surface area contributed by atoms with Crippen LogP contribution in [0.2, 0.25) is 0 Å². The molecule has 1 heterocycles. The van der Waals surface area contributed by atoms with Gasteiger partial charge in [-0.05, 0) is 37.1 Å². The quantitative estimate of drug-likeness (QED) is 0.434. The summed E-state index contributed by atoms with van der Waals surface area (Å²) < 4.78 is 13.1. The fourth-order valence-electron chi connectivity index (χ4n) is 3.40. The highest BCUT2D eigenvalue weighted by molar-refractivity contribution is 6.04. The molecule has 3 amide bonds. The second kappa shape index (κ2) is 9.60. The van der Waals surface area contributed by atoms with Gasteiger partial charge in [-0.3, -0.25) is 14.5 Å². The molecule has 10 heteroatoms. The van der Waals surface area contributed by atoms with E-state index in [-0.39, 0.29) is 18.8 Å². The van der Waals surface area contributed by atoms with Crippen LogP contribution < -0.4 is 16.0 Å². The molecular weight excluding hydrogens is 431 g/mol. The molecular formula is C23H25FN4O5. The first-order valence-electron chi connectivity index (χ1n) is 10.2. The first kappa shape index (κ1) is 23.6. The summed E-state index contributed by atoms with van der Waals surface area (Å²) in [6, 6.07) is 14.4. The zero-order valence-corrected chi connectivity index (χ0v) is 18.1. The zero-order chi connectivity index (χ0) is 24.2. The second-order valence-corrected chi connectivity index (χ2v) is 8.09. The van der Waals surface area contributed by atoms with Gasteiger partial charge in [0.15, 0.2) is 0 Å². The number of aliphatic hydroxyl groups is 1. The van der Waals surface area contributed by atoms with Gasteiger partial charge in [0, 0.05) is 13.1 Å². The molecule has 0 spiro atoms. The van der Waals surface area contributed by atoms with Gasteiger partial charge in [0.1, 0.15) is 17.7 Å². The lowest BCUT2D eigenvalue weighted by molar-refractivity contribution is -0.126. The van der Waals surface area contributed by atoms with E-state index in [1.807, 2.05) is 6.07 Å². The topological polar surface area (TPSA) is 131 Å². The number of amides is 3. The van der Waals surface area contributed by atoms with Crippen LogP contribution in [-0.2, 0) is 22.7 Å². The summed E-state index contributed by atoms with van der Waals surface area (Å²) in [7, 11) is 0. The molecule has 0 aromatic heterocycles. The second-order valence-electron chi connectivity index (χ2n) is 8.09. The Kier molecular flexibility index (Phi) is 6.86. The van der Waals surface area contributed by atoms with Crippen LogP contribution in [0.5, 0.6) is 0 Å². The van der Waals surface area contributed by atoms with Gasteiger partial charge >= 0.3 is 6.09 Å². The Labute approximate surface area is 189 Å². The third-order valence-corrected chi connectivity index (χ3v) is 5.43. The minimum atomic E-state index is -1.22. The lowest BCUT2D eigenvalue weighted by Crippen LogP contribution is -2.68. The van der Waals surface area contributed by atoms with Crippen LogP contribution in [0.1, 0.15) is 25.0 Å². The fraction of sp³-hybridized carbons (Fsp3) is 0.261. The molecule has 0 radical (unpaired) electrons. The monoisotopic (exact) mass is 456 g/mol. The zero-order valence-electron chi connectivity index (χ0n) is 18.1. The van der Waals surface area contributed by atoms with E-state index in [1.165, 1.54) is 24.3 Å². The normalized spacial score (nSPS) is 16.0. The van der Waals surface area contributed by atoms with Gasteiger partial charge in [-0.15, -0.1) is 0 Å². The minimum absolute atomic E-state index is 0.0303. The van der Waals surface area contributed by atoms with Gasteiger partial charge in [0.2, 0.25) is 5.76 Å². The van der Waals surface area contributed by atoms with Crippen molar-refractivity contribution in [1.29, 1.82) is 0 Å². The molecule has 1 aliphatic heterocycles. The molecule has 1 aliphatic rings. The number of carbonyl (C=O) groups excluding carboxylic acids is 2. The first-order valence-corrected chi connectivity index (χ1v) is 10.2. The molecule has 0 aliphatic carbocycles. The predicted octanol–water partition coefficient (Wildman–Crippen LogP) is 2.22. The van der Waals surface area contributed by atoms with Crippen LogP contribution in [0.3, 0.4) is 0 Å². The summed E-state index contributed by atoms with van der Waals surface area (Å²) >= 11 is 0. The number of hydrogen-bond donors (Lipinski definition) is 5. The van der Waals surface area contributed by atoms with Gasteiger partial charge in [-0.1, -0.05) is 42.5 Å². The Morgan fingerprint density at radius 1 is 1.06 bits per heavy atom. The highest BCUT2D eigenvalue weighted by Crippen LogP contribution is 2.24.